The summed E-state index contributed by atoms with van der Waals surface area (Å²) in [5.74, 6) is 1.09. The van der Waals surface area contributed by atoms with Crippen molar-refractivity contribution < 1.29 is 17.9 Å². The monoisotopic (exact) mass is 344 g/mol. The zero-order chi connectivity index (χ0) is 17.2. The fourth-order valence-corrected chi connectivity index (χ4v) is 3.48. The van der Waals surface area contributed by atoms with Crippen LogP contribution in [0.4, 0.5) is 0 Å². The van der Waals surface area contributed by atoms with Crippen LogP contribution in [0, 0.1) is 18.3 Å². The molecule has 1 heterocycles. The van der Waals surface area contributed by atoms with E-state index in [0.29, 0.717) is 30.3 Å². The quantitative estimate of drug-likeness (QED) is 0.919. The molecule has 0 bridgehead atoms. The minimum absolute atomic E-state index is 0.117. The zero-order valence-corrected chi connectivity index (χ0v) is 13.8. The number of nitrogens with zero attached hydrogens (tertiary/aromatic N) is 1. The van der Waals surface area contributed by atoms with Gasteiger partial charge in [-0.05, 0) is 36.8 Å². The Morgan fingerprint density at radius 1 is 1.08 bits per heavy atom. The van der Waals surface area contributed by atoms with Crippen LogP contribution in [0.15, 0.2) is 47.4 Å². The first kappa shape index (κ1) is 16.3. The van der Waals surface area contributed by atoms with Gasteiger partial charge in [0.15, 0.2) is 11.5 Å². The van der Waals surface area contributed by atoms with Crippen LogP contribution in [0.3, 0.4) is 0 Å². The van der Waals surface area contributed by atoms with Gasteiger partial charge in [0.05, 0.1) is 11.0 Å². The van der Waals surface area contributed by atoms with Crippen molar-refractivity contribution in [3.63, 3.8) is 0 Å². The van der Waals surface area contributed by atoms with Crippen LogP contribution in [0.5, 0.6) is 11.5 Å². The van der Waals surface area contributed by atoms with Crippen molar-refractivity contribution in [2.45, 2.75) is 17.9 Å². The molecule has 0 aromatic heterocycles. The lowest BCUT2D eigenvalue weighted by Gasteiger charge is -2.20. The lowest BCUT2D eigenvalue weighted by Crippen LogP contribution is -2.28. The summed E-state index contributed by atoms with van der Waals surface area (Å²) in [6.45, 7) is 2.76. The smallest absolute Gasteiger partial charge is 0.241 e. The van der Waals surface area contributed by atoms with E-state index in [1.807, 2.05) is 13.0 Å². The molecule has 0 spiro atoms. The van der Waals surface area contributed by atoms with Crippen LogP contribution in [-0.2, 0) is 10.0 Å². The second-order valence-corrected chi connectivity index (χ2v) is 7.11. The summed E-state index contributed by atoms with van der Waals surface area (Å²) in [4.78, 5) is 0.117. The molecule has 3 rings (SSSR count). The number of nitrogens with one attached hydrogen (secondary N) is 1. The first-order valence-electron chi connectivity index (χ1n) is 7.38. The average Bonchev–Trinajstić information content (AvgIpc) is 2.59. The number of hydrogen-bond donors (Lipinski definition) is 1. The van der Waals surface area contributed by atoms with Gasteiger partial charge < -0.3 is 9.47 Å². The number of rotatable bonds is 4. The van der Waals surface area contributed by atoms with Gasteiger partial charge in [-0.3, -0.25) is 0 Å². The number of nitriles is 1. The molecule has 1 aliphatic rings. The Morgan fingerprint density at radius 2 is 1.75 bits per heavy atom. The highest BCUT2D eigenvalue weighted by Crippen LogP contribution is 2.32. The molecule has 0 aliphatic carbocycles. The lowest BCUT2D eigenvalue weighted by molar-refractivity contribution is 0.171. The Bertz CT molecular complexity index is 886. The van der Waals surface area contributed by atoms with E-state index in [0.717, 1.165) is 5.56 Å². The molecule has 7 heteroatoms. The zero-order valence-electron chi connectivity index (χ0n) is 13.0. The highest BCUT2D eigenvalue weighted by atomic mass is 32.2. The maximum Gasteiger partial charge on any atom is 0.241 e. The second-order valence-electron chi connectivity index (χ2n) is 5.40. The number of sulfonamides is 1. The van der Waals surface area contributed by atoms with Crippen LogP contribution < -0.4 is 14.2 Å². The first-order valence-corrected chi connectivity index (χ1v) is 8.86. The molecule has 2 aromatic rings. The van der Waals surface area contributed by atoms with E-state index in [-0.39, 0.29) is 4.90 Å². The normalized spacial score (nSPS) is 14.7. The molecule has 0 amide bonds. The van der Waals surface area contributed by atoms with Gasteiger partial charge in [-0.25, -0.2) is 8.42 Å². The molecule has 2 aromatic carbocycles. The molecule has 1 unspecified atom stereocenters. The van der Waals surface area contributed by atoms with Crippen LogP contribution in [0.1, 0.15) is 17.2 Å². The third-order valence-corrected chi connectivity index (χ3v) is 5.07. The first-order chi connectivity index (χ1) is 11.5. The molecule has 0 fully saturated rings. The summed E-state index contributed by atoms with van der Waals surface area (Å²) in [6.07, 6.45) is 0. The Balaban J connectivity index is 1.87. The SMILES string of the molecule is Cc1ccc(S(=O)(=O)NC(C#N)c2ccc3c(c2)OCCO3)cc1. The highest BCUT2D eigenvalue weighted by molar-refractivity contribution is 7.89. The molecule has 0 saturated carbocycles. The van der Waals surface area contributed by atoms with E-state index in [4.69, 9.17) is 9.47 Å². The fourth-order valence-electron chi connectivity index (χ4n) is 2.35. The third kappa shape index (κ3) is 3.35. The van der Waals surface area contributed by atoms with Crippen molar-refractivity contribution in [3.8, 4) is 17.6 Å². The third-order valence-electron chi connectivity index (χ3n) is 3.63. The molecule has 24 heavy (non-hydrogen) atoms. The van der Waals surface area contributed by atoms with E-state index < -0.39 is 16.1 Å². The minimum atomic E-state index is -3.80. The second kappa shape index (κ2) is 6.51. The van der Waals surface area contributed by atoms with E-state index >= 15 is 0 Å². The Kier molecular flexibility index (Phi) is 4.42. The van der Waals surface area contributed by atoms with Gasteiger partial charge >= 0.3 is 0 Å². The van der Waals surface area contributed by atoms with Gasteiger partial charge in [-0.1, -0.05) is 23.8 Å². The Morgan fingerprint density at radius 3 is 2.42 bits per heavy atom. The largest absolute Gasteiger partial charge is 0.486 e. The van der Waals surface area contributed by atoms with E-state index in [1.165, 1.54) is 12.1 Å². The van der Waals surface area contributed by atoms with E-state index in [1.54, 1.807) is 30.3 Å². The van der Waals surface area contributed by atoms with Crippen LogP contribution in [-0.4, -0.2) is 21.6 Å². The van der Waals surface area contributed by atoms with Crippen molar-refractivity contribution in [1.29, 1.82) is 5.26 Å². The number of fused-ring (bicyclic) bond motifs is 1. The van der Waals surface area contributed by atoms with Crippen molar-refractivity contribution in [3.05, 3.63) is 53.6 Å². The molecular formula is C17H16N2O4S. The van der Waals surface area contributed by atoms with Crippen molar-refractivity contribution in [2.24, 2.45) is 0 Å². The summed E-state index contributed by atoms with van der Waals surface area (Å²) >= 11 is 0. The number of ether oxygens (including phenoxy) is 2. The Hall–Kier alpha value is -2.56. The Labute approximate surface area is 140 Å². The van der Waals surface area contributed by atoms with Crippen molar-refractivity contribution in [1.82, 2.24) is 4.72 Å². The molecule has 0 radical (unpaired) electrons. The van der Waals surface area contributed by atoms with Crippen molar-refractivity contribution in [2.75, 3.05) is 13.2 Å². The molecule has 1 atom stereocenters. The topological polar surface area (TPSA) is 88.4 Å². The van der Waals surface area contributed by atoms with Gasteiger partial charge in [0, 0.05) is 0 Å². The van der Waals surface area contributed by atoms with Gasteiger partial charge in [-0.2, -0.15) is 9.98 Å². The van der Waals surface area contributed by atoms with Crippen molar-refractivity contribution >= 4 is 10.0 Å². The average molecular weight is 344 g/mol. The predicted molar refractivity (Wildman–Crippen MR) is 87.3 cm³/mol. The molecule has 1 aliphatic heterocycles. The van der Waals surface area contributed by atoms with Crippen LogP contribution in [0.25, 0.3) is 0 Å². The predicted octanol–water partition coefficient (Wildman–Crippen LogP) is 2.31. The molecule has 1 N–H and O–H groups in total. The summed E-state index contributed by atoms with van der Waals surface area (Å²) < 4.78 is 38.2. The number of hydrogen-bond acceptors (Lipinski definition) is 5. The summed E-state index contributed by atoms with van der Waals surface area (Å²) in [6, 6.07) is 12.3. The highest BCUT2D eigenvalue weighted by Gasteiger charge is 2.23. The van der Waals surface area contributed by atoms with Gasteiger partial charge in [0.2, 0.25) is 10.0 Å². The van der Waals surface area contributed by atoms with E-state index in [9.17, 15) is 13.7 Å². The van der Waals surface area contributed by atoms with E-state index in [2.05, 4.69) is 4.72 Å². The number of benzene rings is 2. The molecule has 6 nitrogen and oxygen atoms in total. The standard InChI is InChI=1S/C17H16N2O4S/c1-12-2-5-14(6-3-12)24(20,21)19-15(11-18)13-4-7-16-17(10-13)23-9-8-22-16/h2-7,10,15,19H,8-9H2,1H3. The summed E-state index contributed by atoms with van der Waals surface area (Å²) in [7, 11) is -3.80. The maximum absolute atomic E-state index is 12.5. The van der Waals surface area contributed by atoms with Gasteiger partial charge in [0.1, 0.15) is 19.3 Å². The fraction of sp³-hybridized carbons (Fsp3) is 0.235. The maximum atomic E-state index is 12.5. The molecule has 124 valence electrons. The molecular weight excluding hydrogens is 328 g/mol. The minimum Gasteiger partial charge on any atom is -0.486 e. The van der Waals surface area contributed by atoms with Gasteiger partial charge in [-0.15, -0.1) is 0 Å². The lowest BCUT2D eigenvalue weighted by atomic mass is 10.1. The summed E-state index contributed by atoms with van der Waals surface area (Å²) in [5.41, 5.74) is 1.45. The number of aryl methyl sites for hydroxylation is 1. The molecule has 0 saturated heterocycles. The van der Waals surface area contributed by atoms with Crippen LogP contribution >= 0.6 is 0 Å². The van der Waals surface area contributed by atoms with Crippen LogP contribution in [0.2, 0.25) is 0 Å². The van der Waals surface area contributed by atoms with Gasteiger partial charge in [0.25, 0.3) is 0 Å². The summed E-state index contributed by atoms with van der Waals surface area (Å²) in [5, 5.41) is 9.39.